The molecule has 1 N–H and O–H groups in total. The fourth-order valence-electron chi connectivity index (χ4n) is 1.10. The third-order valence-electron chi connectivity index (χ3n) is 1.72. The minimum atomic E-state index is -0.937. The lowest BCUT2D eigenvalue weighted by Gasteiger charge is -2.08. The highest BCUT2D eigenvalue weighted by molar-refractivity contribution is 9.08. The fourth-order valence-corrected chi connectivity index (χ4v) is 1.67. The number of halogens is 1. The van der Waals surface area contributed by atoms with Crippen LogP contribution in [-0.4, -0.2) is 18.2 Å². The van der Waals surface area contributed by atoms with Crippen LogP contribution < -0.4 is 4.74 Å². The molecule has 0 aliphatic heterocycles. The first-order valence-corrected chi connectivity index (χ1v) is 4.78. The molecule has 13 heavy (non-hydrogen) atoms. The van der Waals surface area contributed by atoms with Gasteiger partial charge in [0.1, 0.15) is 5.75 Å². The maximum absolute atomic E-state index is 10.8. The number of hydrogen-bond donors (Lipinski definition) is 1. The molecule has 0 unspecified atom stereocenters. The van der Waals surface area contributed by atoms with Crippen LogP contribution in [0.25, 0.3) is 0 Å². The van der Waals surface area contributed by atoms with E-state index < -0.39 is 5.97 Å². The first-order valence-electron chi connectivity index (χ1n) is 3.65. The lowest BCUT2D eigenvalue weighted by Crippen LogP contribution is -2.02. The number of hydrogen-bond acceptors (Lipinski definition) is 2. The van der Waals surface area contributed by atoms with Crippen LogP contribution in [0.2, 0.25) is 0 Å². The van der Waals surface area contributed by atoms with Crippen molar-refractivity contribution >= 4 is 21.9 Å². The zero-order valence-electron chi connectivity index (χ0n) is 7.08. The lowest BCUT2D eigenvalue weighted by atomic mass is 10.1. The maximum atomic E-state index is 10.8. The Morgan fingerprint density at radius 2 is 2.31 bits per heavy atom. The number of rotatable bonds is 3. The van der Waals surface area contributed by atoms with Gasteiger partial charge in [-0.2, -0.15) is 0 Å². The molecule has 0 spiro atoms. The Bertz CT molecular complexity index is 323. The van der Waals surface area contributed by atoms with Crippen molar-refractivity contribution < 1.29 is 14.6 Å². The first kappa shape index (κ1) is 10.1. The summed E-state index contributed by atoms with van der Waals surface area (Å²) in [4.78, 5) is 10.8. The van der Waals surface area contributed by atoms with E-state index in [1.165, 1.54) is 7.11 Å². The summed E-state index contributed by atoms with van der Waals surface area (Å²) < 4.78 is 5.03. The van der Waals surface area contributed by atoms with Crippen LogP contribution in [0.1, 0.15) is 15.9 Å². The largest absolute Gasteiger partial charge is 0.496 e. The van der Waals surface area contributed by atoms with E-state index in [0.717, 1.165) is 0 Å². The molecule has 1 aromatic carbocycles. The van der Waals surface area contributed by atoms with Crippen molar-refractivity contribution in [2.45, 2.75) is 5.33 Å². The van der Waals surface area contributed by atoms with Crippen LogP contribution in [0.3, 0.4) is 0 Å². The van der Waals surface area contributed by atoms with Gasteiger partial charge in [-0.3, -0.25) is 0 Å². The van der Waals surface area contributed by atoms with Gasteiger partial charge in [0.25, 0.3) is 0 Å². The Kier molecular flexibility index (Phi) is 3.31. The maximum Gasteiger partial charge on any atom is 0.336 e. The van der Waals surface area contributed by atoms with Crippen LogP contribution in [0, 0.1) is 0 Å². The minimum Gasteiger partial charge on any atom is -0.496 e. The smallest absolute Gasteiger partial charge is 0.336 e. The van der Waals surface area contributed by atoms with Crippen LogP contribution in [0.4, 0.5) is 0 Å². The molecule has 0 aromatic heterocycles. The second-order valence-electron chi connectivity index (χ2n) is 2.43. The summed E-state index contributed by atoms with van der Waals surface area (Å²) in [6, 6.07) is 4.96. The third kappa shape index (κ3) is 2.01. The number of methoxy groups -OCH3 is 1. The highest BCUT2D eigenvalue weighted by Gasteiger charge is 2.12. The van der Waals surface area contributed by atoms with Crippen molar-refractivity contribution in [2.24, 2.45) is 0 Å². The van der Waals surface area contributed by atoms with E-state index in [1.54, 1.807) is 18.2 Å². The molecule has 0 atom stereocenters. The van der Waals surface area contributed by atoms with E-state index in [2.05, 4.69) is 15.9 Å². The van der Waals surface area contributed by atoms with Crippen molar-refractivity contribution in [1.82, 2.24) is 0 Å². The van der Waals surface area contributed by atoms with E-state index in [9.17, 15) is 4.79 Å². The minimum absolute atomic E-state index is 0.274. The second-order valence-corrected chi connectivity index (χ2v) is 2.99. The molecule has 0 bridgehead atoms. The van der Waals surface area contributed by atoms with Gasteiger partial charge in [-0.25, -0.2) is 4.79 Å². The molecule has 0 amide bonds. The monoisotopic (exact) mass is 244 g/mol. The van der Waals surface area contributed by atoms with Gasteiger partial charge < -0.3 is 9.84 Å². The van der Waals surface area contributed by atoms with Gasteiger partial charge in [0.15, 0.2) is 0 Å². The topological polar surface area (TPSA) is 46.5 Å². The molecule has 0 aliphatic rings. The Hall–Kier alpha value is -1.03. The Morgan fingerprint density at radius 3 is 2.77 bits per heavy atom. The van der Waals surface area contributed by atoms with Crippen LogP contribution >= 0.6 is 15.9 Å². The number of carbonyl (C=O) groups is 1. The molecule has 0 heterocycles. The number of carboxylic acid groups (broad SMARTS) is 1. The standard InChI is InChI=1S/C9H9BrO3/c1-13-8-4-2-3-6(9(11)12)7(8)5-10/h2-4H,5H2,1H3,(H,11,12). The molecule has 70 valence electrons. The quantitative estimate of drug-likeness (QED) is 0.831. The fraction of sp³-hybridized carbons (Fsp3) is 0.222. The first-order chi connectivity index (χ1) is 6.20. The van der Waals surface area contributed by atoms with Crippen LogP contribution in [0.15, 0.2) is 18.2 Å². The Morgan fingerprint density at radius 1 is 1.62 bits per heavy atom. The summed E-state index contributed by atoms with van der Waals surface area (Å²) in [6.45, 7) is 0. The van der Waals surface area contributed by atoms with Gasteiger partial charge in [0, 0.05) is 10.9 Å². The molecule has 0 fully saturated rings. The van der Waals surface area contributed by atoms with Crippen LogP contribution in [0.5, 0.6) is 5.75 Å². The van der Waals surface area contributed by atoms with E-state index >= 15 is 0 Å². The molecule has 0 radical (unpaired) electrons. The van der Waals surface area contributed by atoms with Gasteiger partial charge in [-0.05, 0) is 12.1 Å². The predicted molar refractivity (Wildman–Crippen MR) is 52.6 cm³/mol. The van der Waals surface area contributed by atoms with Gasteiger partial charge in [-0.1, -0.05) is 22.0 Å². The number of benzene rings is 1. The van der Waals surface area contributed by atoms with Crippen molar-refractivity contribution in [3.8, 4) is 5.75 Å². The molecule has 0 saturated heterocycles. The van der Waals surface area contributed by atoms with Gasteiger partial charge >= 0.3 is 5.97 Å². The summed E-state index contributed by atoms with van der Waals surface area (Å²) >= 11 is 3.22. The van der Waals surface area contributed by atoms with Gasteiger partial charge in [0.05, 0.1) is 12.7 Å². The Balaban J connectivity index is 3.27. The molecular formula is C9H9BrO3. The number of ether oxygens (including phenoxy) is 1. The summed E-state index contributed by atoms with van der Waals surface area (Å²) in [6.07, 6.45) is 0. The number of carboxylic acids is 1. The van der Waals surface area contributed by atoms with Crippen LogP contribution in [-0.2, 0) is 5.33 Å². The summed E-state index contributed by atoms with van der Waals surface area (Å²) in [5.41, 5.74) is 0.939. The SMILES string of the molecule is COc1cccc(C(=O)O)c1CBr. The lowest BCUT2D eigenvalue weighted by molar-refractivity contribution is 0.0695. The van der Waals surface area contributed by atoms with E-state index in [1.807, 2.05) is 0 Å². The zero-order chi connectivity index (χ0) is 9.84. The molecular weight excluding hydrogens is 236 g/mol. The normalized spacial score (nSPS) is 9.69. The average molecular weight is 245 g/mol. The third-order valence-corrected chi connectivity index (χ3v) is 2.28. The zero-order valence-corrected chi connectivity index (χ0v) is 8.67. The van der Waals surface area contributed by atoms with Crippen molar-refractivity contribution in [3.63, 3.8) is 0 Å². The van der Waals surface area contributed by atoms with Crippen molar-refractivity contribution in [2.75, 3.05) is 7.11 Å². The molecule has 3 nitrogen and oxygen atoms in total. The molecule has 1 rings (SSSR count). The summed E-state index contributed by atoms with van der Waals surface area (Å²) in [7, 11) is 1.52. The van der Waals surface area contributed by atoms with E-state index in [-0.39, 0.29) is 5.56 Å². The van der Waals surface area contributed by atoms with Gasteiger partial charge in [0.2, 0.25) is 0 Å². The number of alkyl halides is 1. The van der Waals surface area contributed by atoms with Crippen molar-refractivity contribution in [3.05, 3.63) is 29.3 Å². The van der Waals surface area contributed by atoms with Gasteiger partial charge in [-0.15, -0.1) is 0 Å². The van der Waals surface area contributed by atoms with E-state index in [4.69, 9.17) is 9.84 Å². The highest BCUT2D eigenvalue weighted by Crippen LogP contribution is 2.24. The molecule has 0 aliphatic carbocycles. The van der Waals surface area contributed by atoms with E-state index in [0.29, 0.717) is 16.6 Å². The predicted octanol–water partition coefficient (Wildman–Crippen LogP) is 2.29. The average Bonchev–Trinajstić information content (AvgIpc) is 2.16. The molecule has 1 aromatic rings. The second kappa shape index (κ2) is 4.28. The molecule has 4 heteroatoms. The van der Waals surface area contributed by atoms with Crippen molar-refractivity contribution in [1.29, 1.82) is 0 Å². The number of aromatic carboxylic acids is 1. The highest BCUT2D eigenvalue weighted by atomic mass is 79.9. The summed E-state index contributed by atoms with van der Waals surface area (Å²) in [5.74, 6) is -0.342. The summed E-state index contributed by atoms with van der Waals surface area (Å²) in [5, 5.41) is 9.31. The Labute approximate surface area is 84.5 Å². The molecule has 0 saturated carbocycles.